The minimum atomic E-state index is -0.416. The summed E-state index contributed by atoms with van der Waals surface area (Å²) in [5.74, 6) is 2.62. The van der Waals surface area contributed by atoms with Gasteiger partial charge in [-0.15, -0.1) is 27.2 Å². The molecule has 156 valence electrons. The van der Waals surface area contributed by atoms with Crippen molar-refractivity contribution in [1.82, 2.24) is 14.9 Å². The number of fused-ring (bicyclic) bond motifs is 1. The number of hydrogen-bond donors (Lipinski definition) is 0. The molecule has 0 bridgehead atoms. The number of hydrogen-bond acceptors (Lipinski definition) is 8. The third-order valence-corrected chi connectivity index (χ3v) is 5.39. The summed E-state index contributed by atoms with van der Waals surface area (Å²) >= 11 is 1.53. The summed E-state index contributed by atoms with van der Waals surface area (Å²) in [4.78, 5) is 10.4. The quantitative estimate of drug-likeness (QED) is 0.382. The van der Waals surface area contributed by atoms with E-state index in [9.17, 15) is 10.1 Å². The van der Waals surface area contributed by atoms with Gasteiger partial charge >= 0.3 is 0 Å². The Morgan fingerprint density at radius 1 is 1.10 bits per heavy atom. The highest BCUT2D eigenvalue weighted by Gasteiger charge is 2.21. The van der Waals surface area contributed by atoms with E-state index in [4.69, 9.17) is 9.47 Å². The third kappa shape index (κ3) is 4.31. The number of benzene rings is 2. The predicted octanol–water partition coefficient (Wildman–Crippen LogP) is 3.73. The van der Waals surface area contributed by atoms with E-state index in [2.05, 4.69) is 15.3 Å². The molecule has 1 aliphatic heterocycles. The Labute approximate surface area is 187 Å². The van der Waals surface area contributed by atoms with E-state index < -0.39 is 4.92 Å². The molecule has 1 aliphatic rings. The normalized spacial score (nSPS) is 12.4. The second-order valence-corrected chi connectivity index (χ2v) is 7.16. The lowest BCUT2D eigenvalue weighted by Gasteiger charge is -2.14. The van der Waals surface area contributed by atoms with Gasteiger partial charge in [-0.05, 0) is 35.4 Å². The Morgan fingerprint density at radius 2 is 1.83 bits per heavy atom. The van der Waals surface area contributed by atoms with Gasteiger partial charge in [-0.1, -0.05) is 17.8 Å². The summed E-state index contributed by atoms with van der Waals surface area (Å²) in [7, 11) is 3.19. The summed E-state index contributed by atoms with van der Waals surface area (Å²) in [6.45, 7) is 0. The van der Waals surface area contributed by atoms with Gasteiger partial charge in [0.05, 0.1) is 24.9 Å². The van der Waals surface area contributed by atoms with Crippen LogP contribution >= 0.6 is 28.7 Å². The minimum Gasteiger partial charge on any atom is -0.493 e. The number of ether oxygens (including phenoxy) is 2. The van der Waals surface area contributed by atoms with E-state index in [1.165, 1.54) is 23.9 Å². The Bertz CT molecular complexity index is 1100. The number of non-ortho nitro benzene ring substituents is 1. The van der Waals surface area contributed by atoms with E-state index in [-0.39, 0.29) is 22.7 Å². The van der Waals surface area contributed by atoms with Crippen LogP contribution in [-0.2, 0) is 6.42 Å². The number of methoxy groups -OCH3 is 2. The molecule has 2 heterocycles. The van der Waals surface area contributed by atoms with Crippen LogP contribution in [0.5, 0.6) is 11.5 Å². The monoisotopic (exact) mass is 491 g/mol. The van der Waals surface area contributed by atoms with Crippen LogP contribution in [-0.4, -0.2) is 45.5 Å². The van der Waals surface area contributed by atoms with Crippen molar-refractivity contribution in [2.75, 3.05) is 20.0 Å². The van der Waals surface area contributed by atoms with Crippen molar-refractivity contribution < 1.29 is 14.4 Å². The number of halogens is 1. The standard InChI is InChI=1S/C19H17N5O4S.BrH/c1-27-16-8-3-12(9-17(16)28-2)10-18-20-21-19-23(18)22-15(11-29-19)13-4-6-14(7-5-13)24(25)26;/h3-9H,10-11H2,1-2H3;1H. The average Bonchev–Trinajstić information content (AvgIpc) is 3.15. The van der Waals surface area contributed by atoms with Crippen molar-refractivity contribution in [3.63, 3.8) is 0 Å². The highest BCUT2D eigenvalue weighted by molar-refractivity contribution is 8.93. The van der Waals surface area contributed by atoms with Crippen molar-refractivity contribution in [3.05, 3.63) is 69.5 Å². The molecule has 3 aromatic rings. The fourth-order valence-electron chi connectivity index (χ4n) is 2.97. The maximum atomic E-state index is 10.9. The maximum absolute atomic E-state index is 10.9. The summed E-state index contributed by atoms with van der Waals surface area (Å²) in [6.07, 6.45) is 0.519. The highest BCUT2D eigenvalue weighted by Crippen LogP contribution is 2.30. The largest absolute Gasteiger partial charge is 0.493 e. The van der Waals surface area contributed by atoms with Gasteiger partial charge in [0, 0.05) is 24.3 Å². The Kier molecular flexibility index (Phi) is 6.73. The second kappa shape index (κ2) is 9.26. The lowest BCUT2D eigenvalue weighted by atomic mass is 10.1. The summed E-state index contributed by atoms with van der Waals surface area (Å²) < 4.78 is 12.4. The molecule has 0 atom stereocenters. The summed E-state index contributed by atoms with van der Waals surface area (Å²) in [5, 5.41) is 24.8. The Hall–Kier alpha value is -2.92. The molecule has 1 aromatic heterocycles. The molecule has 11 heteroatoms. The van der Waals surface area contributed by atoms with E-state index in [1.807, 2.05) is 18.2 Å². The lowest BCUT2D eigenvalue weighted by molar-refractivity contribution is -0.384. The minimum absolute atomic E-state index is 0. The Balaban J connectivity index is 0.00000256. The summed E-state index contributed by atoms with van der Waals surface area (Å²) in [5.41, 5.74) is 2.68. The van der Waals surface area contributed by atoms with Crippen molar-refractivity contribution in [2.24, 2.45) is 5.10 Å². The summed E-state index contributed by atoms with van der Waals surface area (Å²) in [6, 6.07) is 12.1. The zero-order valence-corrected chi connectivity index (χ0v) is 18.7. The van der Waals surface area contributed by atoms with Gasteiger partial charge in [-0.2, -0.15) is 9.78 Å². The van der Waals surface area contributed by atoms with Crippen LogP contribution in [0.2, 0.25) is 0 Å². The van der Waals surface area contributed by atoms with Crippen molar-refractivity contribution in [1.29, 1.82) is 0 Å². The van der Waals surface area contributed by atoms with Gasteiger partial charge in [0.2, 0.25) is 5.16 Å². The molecule has 0 amide bonds. The first kappa shape index (κ1) is 21.8. The van der Waals surface area contributed by atoms with E-state index >= 15 is 0 Å². The molecule has 0 spiro atoms. The first-order valence-electron chi connectivity index (χ1n) is 8.69. The molecular weight excluding hydrogens is 474 g/mol. The smallest absolute Gasteiger partial charge is 0.269 e. The van der Waals surface area contributed by atoms with Crippen LogP contribution in [0.25, 0.3) is 0 Å². The van der Waals surface area contributed by atoms with E-state index in [0.717, 1.165) is 16.8 Å². The highest BCUT2D eigenvalue weighted by atomic mass is 79.9. The molecule has 0 N–H and O–H groups in total. The molecule has 2 aromatic carbocycles. The van der Waals surface area contributed by atoms with Crippen LogP contribution < -0.4 is 9.47 Å². The molecule has 0 aliphatic carbocycles. The molecule has 4 rings (SSSR count). The van der Waals surface area contributed by atoms with E-state index in [1.54, 1.807) is 31.0 Å². The topological polar surface area (TPSA) is 105 Å². The fraction of sp³-hybridized carbons (Fsp3) is 0.211. The maximum Gasteiger partial charge on any atom is 0.269 e. The average molecular weight is 492 g/mol. The number of nitro groups is 1. The number of nitro benzene ring substituents is 1. The zero-order chi connectivity index (χ0) is 20.4. The lowest BCUT2D eigenvalue weighted by Crippen LogP contribution is -2.14. The number of nitrogens with zero attached hydrogens (tertiary/aromatic N) is 5. The first-order chi connectivity index (χ1) is 14.1. The second-order valence-electron chi connectivity index (χ2n) is 6.22. The molecule has 0 radical (unpaired) electrons. The molecule has 0 fully saturated rings. The number of aromatic nitrogens is 3. The van der Waals surface area contributed by atoms with Crippen LogP contribution in [0.1, 0.15) is 17.0 Å². The third-order valence-electron chi connectivity index (χ3n) is 4.46. The Morgan fingerprint density at radius 3 is 2.50 bits per heavy atom. The van der Waals surface area contributed by atoms with Gasteiger partial charge in [0.1, 0.15) is 0 Å². The van der Waals surface area contributed by atoms with Crippen molar-refractivity contribution in [2.45, 2.75) is 11.6 Å². The molecule has 30 heavy (non-hydrogen) atoms. The number of rotatable bonds is 6. The molecule has 0 saturated heterocycles. The zero-order valence-electron chi connectivity index (χ0n) is 16.1. The van der Waals surface area contributed by atoms with Crippen molar-refractivity contribution >= 4 is 40.1 Å². The van der Waals surface area contributed by atoms with Crippen molar-refractivity contribution in [3.8, 4) is 11.5 Å². The van der Waals surface area contributed by atoms with Crippen LogP contribution in [0.4, 0.5) is 5.69 Å². The predicted molar refractivity (Wildman–Crippen MR) is 118 cm³/mol. The van der Waals surface area contributed by atoms with Gasteiger partial charge in [-0.3, -0.25) is 10.1 Å². The first-order valence-corrected chi connectivity index (χ1v) is 9.68. The molecule has 0 unspecified atom stereocenters. The number of thioether (sulfide) groups is 1. The van der Waals surface area contributed by atoms with Crippen LogP contribution in [0.3, 0.4) is 0 Å². The van der Waals surface area contributed by atoms with Gasteiger partial charge in [0.15, 0.2) is 17.3 Å². The molecule has 0 saturated carbocycles. The molecule has 9 nitrogen and oxygen atoms in total. The SMILES string of the molecule is Br.COc1ccc(Cc2nnc3n2N=C(c2ccc([N+](=O)[O-])cc2)CS3)cc1OC. The van der Waals surface area contributed by atoms with E-state index in [0.29, 0.717) is 34.7 Å². The van der Waals surface area contributed by atoms with Gasteiger partial charge in [-0.25, -0.2) is 0 Å². The van der Waals surface area contributed by atoms with Crippen LogP contribution in [0, 0.1) is 10.1 Å². The van der Waals surface area contributed by atoms with Gasteiger partial charge < -0.3 is 9.47 Å². The molecular formula is C19H18BrN5O4S. The van der Waals surface area contributed by atoms with Crippen LogP contribution in [0.15, 0.2) is 52.7 Å². The van der Waals surface area contributed by atoms with Gasteiger partial charge in [0.25, 0.3) is 5.69 Å². The fourth-order valence-corrected chi connectivity index (χ4v) is 3.83.